The van der Waals surface area contributed by atoms with Gasteiger partial charge in [-0.25, -0.2) is 4.68 Å². The van der Waals surface area contributed by atoms with Crippen LogP contribution in [0, 0.1) is 25.7 Å². The maximum absolute atomic E-state index is 13.0. The summed E-state index contributed by atoms with van der Waals surface area (Å²) in [7, 11) is 4.06. The average molecular weight is 370 g/mol. The molecule has 3 rings (SSSR count). The van der Waals surface area contributed by atoms with Gasteiger partial charge in [0.1, 0.15) is 0 Å². The molecule has 2 aromatic rings. The SMILES string of the molecule is Cc1nn(-c2ccccc2)c(C)c1CC(=O)N1C[C@@H](CN(C)C)[C@@H](CO)C1. The topological polar surface area (TPSA) is 61.6 Å². The molecule has 6 heteroatoms. The zero-order valence-corrected chi connectivity index (χ0v) is 16.7. The maximum Gasteiger partial charge on any atom is 0.227 e. The molecule has 1 aromatic carbocycles. The third-order valence-corrected chi connectivity index (χ3v) is 5.53. The Balaban J connectivity index is 1.74. The second-order valence-corrected chi connectivity index (χ2v) is 7.84. The number of aryl methyl sites for hydroxylation is 1. The van der Waals surface area contributed by atoms with Crippen molar-refractivity contribution in [3.63, 3.8) is 0 Å². The first-order valence-electron chi connectivity index (χ1n) is 9.54. The molecule has 1 fully saturated rings. The monoisotopic (exact) mass is 370 g/mol. The van der Waals surface area contributed by atoms with Crippen LogP contribution in [0.15, 0.2) is 30.3 Å². The minimum atomic E-state index is 0.119. The first-order chi connectivity index (χ1) is 12.9. The van der Waals surface area contributed by atoms with Crippen LogP contribution in [0.4, 0.5) is 0 Å². The van der Waals surface area contributed by atoms with E-state index < -0.39 is 0 Å². The normalized spacial score (nSPS) is 19.9. The number of rotatable bonds is 6. The number of aliphatic hydroxyl groups excluding tert-OH is 1. The van der Waals surface area contributed by atoms with E-state index in [1.807, 2.05) is 67.9 Å². The van der Waals surface area contributed by atoms with E-state index in [2.05, 4.69) is 10.00 Å². The summed E-state index contributed by atoms with van der Waals surface area (Å²) in [6, 6.07) is 9.99. The molecule has 1 aromatic heterocycles. The number of hydrogen-bond donors (Lipinski definition) is 1. The molecule has 1 saturated heterocycles. The molecular weight excluding hydrogens is 340 g/mol. The van der Waals surface area contributed by atoms with Crippen molar-refractivity contribution in [2.75, 3.05) is 40.3 Å². The highest BCUT2D eigenvalue weighted by molar-refractivity contribution is 5.79. The van der Waals surface area contributed by atoms with E-state index in [0.717, 1.165) is 29.2 Å². The van der Waals surface area contributed by atoms with Crippen molar-refractivity contribution in [2.24, 2.45) is 11.8 Å². The van der Waals surface area contributed by atoms with Crippen LogP contribution in [-0.4, -0.2) is 70.9 Å². The molecule has 0 radical (unpaired) electrons. The van der Waals surface area contributed by atoms with Crippen molar-refractivity contribution in [3.05, 3.63) is 47.3 Å². The second-order valence-electron chi connectivity index (χ2n) is 7.84. The van der Waals surface area contributed by atoms with E-state index >= 15 is 0 Å². The number of benzene rings is 1. The van der Waals surface area contributed by atoms with Crippen LogP contribution in [-0.2, 0) is 11.2 Å². The Kier molecular flexibility index (Phi) is 5.97. The van der Waals surface area contributed by atoms with Gasteiger partial charge in [0.15, 0.2) is 0 Å². The molecule has 0 bridgehead atoms. The Morgan fingerprint density at radius 3 is 2.48 bits per heavy atom. The van der Waals surface area contributed by atoms with Crippen molar-refractivity contribution in [3.8, 4) is 5.69 Å². The number of aliphatic hydroxyl groups is 1. The molecule has 0 spiro atoms. The average Bonchev–Trinajstić information content (AvgIpc) is 3.17. The van der Waals surface area contributed by atoms with Crippen LogP contribution in [0.2, 0.25) is 0 Å². The Morgan fingerprint density at radius 2 is 1.85 bits per heavy atom. The van der Waals surface area contributed by atoms with Gasteiger partial charge in [-0.15, -0.1) is 0 Å². The van der Waals surface area contributed by atoms with Gasteiger partial charge < -0.3 is 14.9 Å². The van der Waals surface area contributed by atoms with Crippen LogP contribution in [0.5, 0.6) is 0 Å². The molecule has 6 nitrogen and oxygen atoms in total. The van der Waals surface area contributed by atoms with Gasteiger partial charge in [-0.2, -0.15) is 5.10 Å². The number of carbonyl (C=O) groups excluding carboxylic acids is 1. The molecule has 1 aliphatic rings. The highest BCUT2D eigenvalue weighted by atomic mass is 16.3. The molecular formula is C21H30N4O2. The summed E-state index contributed by atoms with van der Waals surface area (Å²) in [6.07, 6.45) is 0.358. The molecule has 1 N–H and O–H groups in total. The fraction of sp³-hybridized carbons (Fsp3) is 0.524. The van der Waals surface area contributed by atoms with Crippen LogP contribution >= 0.6 is 0 Å². The Labute approximate surface area is 161 Å². The quantitative estimate of drug-likeness (QED) is 0.840. The van der Waals surface area contributed by atoms with Gasteiger partial charge in [-0.05, 0) is 46.0 Å². The minimum Gasteiger partial charge on any atom is -0.396 e. The van der Waals surface area contributed by atoms with E-state index in [-0.39, 0.29) is 18.4 Å². The third kappa shape index (κ3) is 4.22. The van der Waals surface area contributed by atoms with Crippen molar-refractivity contribution in [2.45, 2.75) is 20.3 Å². The maximum atomic E-state index is 13.0. The van der Waals surface area contributed by atoms with Gasteiger partial charge in [-0.1, -0.05) is 18.2 Å². The highest BCUT2D eigenvalue weighted by Gasteiger charge is 2.35. The smallest absolute Gasteiger partial charge is 0.227 e. The van der Waals surface area contributed by atoms with Gasteiger partial charge in [-0.3, -0.25) is 4.79 Å². The first-order valence-corrected chi connectivity index (χ1v) is 9.54. The molecule has 0 aliphatic carbocycles. The van der Waals surface area contributed by atoms with Gasteiger partial charge in [0.25, 0.3) is 0 Å². The number of hydrogen-bond acceptors (Lipinski definition) is 4. The standard InChI is InChI=1S/C21H30N4O2/c1-15-20(16(2)25(22-15)19-8-6-5-7-9-19)10-21(27)24-12-17(11-23(3)4)18(13-24)14-26/h5-9,17-18,26H,10-14H2,1-4H3/t17-,18-/m1/s1. The lowest BCUT2D eigenvalue weighted by molar-refractivity contribution is -0.129. The first kappa shape index (κ1) is 19.6. The summed E-state index contributed by atoms with van der Waals surface area (Å²) in [5, 5.41) is 14.3. The van der Waals surface area contributed by atoms with E-state index in [4.69, 9.17) is 0 Å². The summed E-state index contributed by atoms with van der Waals surface area (Å²) in [5.74, 6) is 0.599. The van der Waals surface area contributed by atoms with Crippen LogP contribution < -0.4 is 0 Å². The van der Waals surface area contributed by atoms with E-state index in [9.17, 15) is 9.90 Å². The molecule has 2 heterocycles. The molecule has 146 valence electrons. The summed E-state index contributed by atoms with van der Waals surface area (Å²) >= 11 is 0. The highest BCUT2D eigenvalue weighted by Crippen LogP contribution is 2.25. The lowest BCUT2D eigenvalue weighted by Crippen LogP contribution is -2.32. The number of amides is 1. The van der Waals surface area contributed by atoms with Crippen LogP contribution in [0.1, 0.15) is 17.0 Å². The summed E-state index contributed by atoms with van der Waals surface area (Å²) in [6.45, 7) is 6.35. The fourth-order valence-corrected chi connectivity index (χ4v) is 4.04. The van der Waals surface area contributed by atoms with Gasteiger partial charge in [0.2, 0.25) is 5.91 Å². The zero-order chi connectivity index (χ0) is 19.6. The number of para-hydroxylation sites is 1. The lowest BCUT2D eigenvalue weighted by atomic mass is 9.97. The van der Waals surface area contributed by atoms with E-state index in [0.29, 0.717) is 25.4 Å². The zero-order valence-electron chi connectivity index (χ0n) is 16.7. The number of likely N-dealkylation sites (tertiary alicyclic amines) is 1. The van der Waals surface area contributed by atoms with Crippen molar-refractivity contribution in [1.82, 2.24) is 19.6 Å². The summed E-state index contributed by atoms with van der Waals surface area (Å²) in [5.41, 5.74) is 3.91. The number of carbonyl (C=O) groups is 1. The van der Waals surface area contributed by atoms with Gasteiger partial charge in [0, 0.05) is 43.4 Å². The van der Waals surface area contributed by atoms with Gasteiger partial charge >= 0.3 is 0 Å². The van der Waals surface area contributed by atoms with Crippen molar-refractivity contribution >= 4 is 5.91 Å². The third-order valence-electron chi connectivity index (χ3n) is 5.53. The Morgan fingerprint density at radius 1 is 1.19 bits per heavy atom. The molecule has 0 saturated carbocycles. The molecule has 2 atom stereocenters. The Bertz CT molecular complexity index is 785. The number of nitrogens with zero attached hydrogens (tertiary/aromatic N) is 4. The lowest BCUT2D eigenvalue weighted by Gasteiger charge is -2.20. The second kappa shape index (κ2) is 8.23. The fourth-order valence-electron chi connectivity index (χ4n) is 4.04. The summed E-state index contributed by atoms with van der Waals surface area (Å²) in [4.78, 5) is 17.0. The minimum absolute atomic E-state index is 0.119. The predicted octanol–water partition coefficient (Wildman–Crippen LogP) is 1.66. The predicted molar refractivity (Wildman–Crippen MR) is 106 cm³/mol. The molecule has 27 heavy (non-hydrogen) atoms. The van der Waals surface area contributed by atoms with Crippen LogP contribution in [0.3, 0.4) is 0 Å². The van der Waals surface area contributed by atoms with E-state index in [1.165, 1.54) is 0 Å². The molecule has 1 aliphatic heterocycles. The number of aromatic nitrogens is 2. The largest absolute Gasteiger partial charge is 0.396 e. The van der Waals surface area contributed by atoms with E-state index in [1.54, 1.807) is 0 Å². The molecule has 0 unspecified atom stereocenters. The molecule has 1 amide bonds. The van der Waals surface area contributed by atoms with Crippen molar-refractivity contribution in [1.29, 1.82) is 0 Å². The van der Waals surface area contributed by atoms with Gasteiger partial charge in [0.05, 0.1) is 17.8 Å². The summed E-state index contributed by atoms with van der Waals surface area (Å²) < 4.78 is 1.91. The van der Waals surface area contributed by atoms with Crippen molar-refractivity contribution < 1.29 is 9.90 Å². The van der Waals surface area contributed by atoms with Crippen LogP contribution in [0.25, 0.3) is 5.69 Å². The Hall–Kier alpha value is -2.18.